The predicted molar refractivity (Wildman–Crippen MR) is 46.8 cm³/mol. The number of aromatic hydroxyl groups is 1. The van der Waals surface area contributed by atoms with Gasteiger partial charge in [0.25, 0.3) is 0 Å². The third-order valence-corrected chi connectivity index (χ3v) is 2.43. The monoisotopic (exact) mass is 179 g/mol. The van der Waals surface area contributed by atoms with E-state index in [1.54, 1.807) is 6.07 Å². The lowest BCUT2D eigenvalue weighted by atomic mass is 10.1. The van der Waals surface area contributed by atoms with Crippen molar-refractivity contribution >= 4 is 5.69 Å². The highest BCUT2D eigenvalue weighted by Gasteiger charge is 2.22. The van der Waals surface area contributed by atoms with Gasteiger partial charge in [-0.25, -0.2) is 0 Å². The maximum Gasteiger partial charge on any atom is 0.311 e. The van der Waals surface area contributed by atoms with E-state index in [0.717, 1.165) is 30.4 Å². The van der Waals surface area contributed by atoms with Crippen molar-refractivity contribution in [3.63, 3.8) is 0 Å². The van der Waals surface area contributed by atoms with Gasteiger partial charge in [0.2, 0.25) is 0 Å². The fourth-order valence-corrected chi connectivity index (χ4v) is 1.78. The minimum atomic E-state index is -0.548. The molecule has 2 rings (SSSR count). The van der Waals surface area contributed by atoms with Gasteiger partial charge in [0.1, 0.15) is 0 Å². The number of fused-ring (bicyclic) bond motifs is 1. The molecule has 68 valence electrons. The zero-order valence-electron chi connectivity index (χ0n) is 6.99. The number of aryl methyl sites for hydroxylation is 1. The van der Waals surface area contributed by atoms with Gasteiger partial charge in [-0.05, 0) is 24.8 Å². The molecule has 4 nitrogen and oxygen atoms in total. The van der Waals surface area contributed by atoms with Crippen molar-refractivity contribution in [1.29, 1.82) is 0 Å². The summed E-state index contributed by atoms with van der Waals surface area (Å²) < 4.78 is 0. The number of nitro groups is 1. The number of phenolic OH excluding ortho intramolecular Hbond substituents is 1. The van der Waals surface area contributed by atoms with Crippen molar-refractivity contribution in [3.8, 4) is 5.75 Å². The van der Waals surface area contributed by atoms with Crippen LogP contribution in [0.4, 0.5) is 5.69 Å². The van der Waals surface area contributed by atoms with Gasteiger partial charge >= 0.3 is 5.69 Å². The third kappa shape index (κ3) is 1.14. The van der Waals surface area contributed by atoms with Crippen LogP contribution in [0.2, 0.25) is 0 Å². The Hall–Kier alpha value is -1.58. The van der Waals surface area contributed by atoms with Crippen molar-refractivity contribution in [2.75, 3.05) is 0 Å². The molecule has 0 aliphatic heterocycles. The zero-order chi connectivity index (χ0) is 9.42. The van der Waals surface area contributed by atoms with Crippen LogP contribution in [0.25, 0.3) is 0 Å². The van der Waals surface area contributed by atoms with Crippen LogP contribution in [0.1, 0.15) is 17.5 Å². The topological polar surface area (TPSA) is 63.4 Å². The summed E-state index contributed by atoms with van der Waals surface area (Å²) in [5.74, 6) is -0.139. The van der Waals surface area contributed by atoms with Crippen LogP contribution in [-0.2, 0) is 12.8 Å². The molecule has 0 aromatic heterocycles. The highest BCUT2D eigenvalue weighted by atomic mass is 16.6. The van der Waals surface area contributed by atoms with Gasteiger partial charge in [-0.3, -0.25) is 10.1 Å². The highest BCUT2D eigenvalue weighted by Crippen LogP contribution is 2.36. The van der Waals surface area contributed by atoms with Gasteiger partial charge in [0.15, 0.2) is 5.75 Å². The molecule has 1 aromatic carbocycles. The summed E-state index contributed by atoms with van der Waals surface area (Å²) in [5, 5.41) is 20.0. The molecule has 0 fully saturated rings. The molecule has 0 saturated heterocycles. The Labute approximate surface area is 75.0 Å². The van der Waals surface area contributed by atoms with Crippen molar-refractivity contribution in [2.45, 2.75) is 19.3 Å². The first-order valence-electron chi connectivity index (χ1n) is 4.18. The van der Waals surface area contributed by atoms with Gasteiger partial charge in [-0.15, -0.1) is 0 Å². The van der Waals surface area contributed by atoms with E-state index in [4.69, 9.17) is 0 Å². The maximum absolute atomic E-state index is 10.5. The van der Waals surface area contributed by atoms with Crippen LogP contribution >= 0.6 is 0 Å². The van der Waals surface area contributed by atoms with Gasteiger partial charge in [0.05, 0.1) is 4.92 Å². The first-order chi connectivity index (χ1) is 6.20. The largest absolute Gasteiger partial charge is 0.502 e. The lowest BCUT2D eigenvalue weighted by Crippen LogP contribution is -1.92. The summed E-state index contributed by atoms with van der Waals surface area (Å²) in [7, 11) is 0. The summed E-state index contributed by atoms with van der Waals surface area (Å²) >= 11 is 0. The average molecular weight is 179 g/mol. The average Bonchev–Trinajstić information content (AvgIpc) is 2.52. The number of hydrogen-bond acceptors (Lipinski definition) is 3. The van der Waals surface area contributed by atoms with Gasteiger partial charge in [0, 0.05) is 11.6 Å². The quantitative estimate of drug-likeness (QED) is 0.528. The standard InChI is InChI=1S/C9H9NO3/c11-9-7-3-1-2-6(7)4-5-8(9)10(12)13/h4-5,11H,1-3H2. The molecule has 0 bridgehead atoms. The zero-order valence-corrected chi connectivity index (χ0v) is 6.99. The Morgan fingerprint density at radius 1 is 1.38 bits per heavy atom. The molecule has 0 spiro atoms. The van der Waals surface area contributed by atoms with Crippen LogP contribution in [0, 0.1) is 10.1 Å². The Morgan fingerprint density at radius 3 is 2.85 bits per heavy atom. The van der Waals surface area contributed by atoms with E-state index in [2.05, 4.69) is 0 Å². The molecular weight excluding hydrogens is 170 g/mol. The smallest absolute Gasteiger partial charge is 0.311 e. The van der Waals surface area contributed by atoms with Gasteiger partial charge in [-0.2, -0.15) is 0 Å². The van der Waals surface area contributed by atoms with Crippen LogP contribution in [0.15, 0.2) is 12.1 Å². The van der Waals surface area contributed by atoms with Crippen molar-refractivity contribution < 1.29 is 10.0 Å². The van der Waals surface area contributed by atoms with Crippen molar-refractivity contribution in [2.24, 2.45) is 0 Å². The first-order valence-corrected chi connectivity index (χ1v) is 4.18. The number of nitro benzene ring substituents is 1. The lowest BCUT2D eigenvalue weighted by molar-refractivity contribution is -0.385. The molecule has 0 radical (unpaired) electrons. The van der Waals surface area contributed by atoms with Gasteiger partial charge < -0.3 is 5.11 Å². The van der Waals surface area contributed by atoms with Crippen LogP contribution < -0.4 is 0 Å². The predicted octanol–water partition coefficient (Wildman–Crippen LogP) is 1.79. The highest BCUT2D eigenvalue weighted by molar-refractivity contribution is 5.55. The number of phenols is 1. The summed E-state index contributed by atoms with van der Waals surface area (Å²) in [6, 6.07) is 3.11. The fraction of sp³-hybridized carbons (Fsp3) is 0.333. The summed E-state index contributed by atoms with van der Waals surface area (Å²) in [6.45, 7) is 0. The Bertz CT molecular complexity index is 373. The summed E-state index contributed by atoms with van der Waals surface area (Å²) in [5.41, 5.74) is 1.62. The lowest BCUT2D eigenvalue weighted by Gasteiger charge is -2.02. The molecule has 0 unspecified atom stereocenters. The minimum Gasteiger partial charge on any atom is -0.502 e. The fourth-order valence-electron chi connectivity index (χ4n) is 1.78. The van der Waals surface area contributed by atoms with E-state index in [1.807, 2.05) is 0 Å². The third-order valence-electron chi connectivity index (χ3n) is 2.43. The van der Waals surface area contributed by atoms with E-state index >= 15 is 0 Å². The molecule has 13 heavy (non-hydrogen) atoms. The summed E-state index contributed by atoms with van der Waals surface area (Å²) in [6.07, 6.45) is 2.65. The Balaban J connectivity index is 2.59. The number of benzene rings is 1. The van der Waals surface area contributed by atoms with E-state index in [1.165, 1.54) is 6.07 Å². The number of rotatable bonds is 1. The van der Waals surface area contributed by atoms with Crippen LogP contribution in [-0.4, -0.2) is 10.0 Å². The molecule has 0 amide bonds. The Kier molecular flexibility index (Phi) is 1.69. The van der Waals surface area contributed by atoms with Crippen LogP contribution in [0.3, 0.4) is 0 Å². The molecule has 1 aliphatic rings. The maximum atomic E-state index is 10.5. The van der Waals surface area contributed by atoms with E-state index in [9.17, 15) is 15.2 Å². The number of nitrogens with zero attached hydrogens (tertiary/aromatic N) is 1. The molecule has 1 N–H and O–H groups in total. The molecule has 1 aliphatic carbocycles. The first kappa shape index (κ1) is 8.04. The molecule has 4 heteroatoms. The molecule has 1 aromatic rings. The molecule has 0 heterocycles. The second-order valence-corrected chi connectivity index (χ2v) is 3.18. The minimum absolute atomic E-state index is 0.139. The number of hydrogen-bond donors (Lipinski definition) is 1. The molecule has 0 saturated carbocycles. The van der Waals surface area contributed by atoms with Crippen LogP contribution in [0.5, 0.6) is 5.75 Å². The molecular formula is C9H9NO3. The summed E-state index contributed by atoms with van der Waals surface area (Å²) in [4.78, 5) is 9.92. The second-order valence-electron chi connectivity index (χ2n) is 3.18. The molecule has 0 atom stereocenters. The SMILES string of the molecule is O=[N+]([O-])c1ccc2c(c1O)CCC2. The van der Waals surface area contributed by atoms with Crippen molar-refractivity contribution in [3.05, 3.63) is 33.4 Å². The van der Waals surface area contributed by atoms with Gasteiger partial charge in [-0.1, -0.05) is 6.07 Å². The van der Waals surface area contributed by atoms with E-state index in [-0.39, 0.29) is 11.4 Å². The second kappa shape index (κ2) is 2.73. The van der Waals surface area contributed by atoms with Crippen molar-refractivity contribution in [1.82, 2.24) is 0 Å². The van der Waals surface area contributed by atoms with E-state index < -0.39 is 4.92 Å². The Morgan fingerprint density at radius 2 is 2.15 bits per heavy atom. The van der Waals surface area contributed by atoms with E-state index in [0.29, 0.717) is 0 Å². The normalized spacial score (nSPS) is 14.2.